The second-order valence-electron chi connectivity index (χ2n) is 4.90. The summed E-state index contributed by atoms with van der Waals surface area (Å²) < 4.78 is 0. The molecule has 0 aliphatic heterocycles. The minimum Gasteiger partial charge on any atom is -0.478 e. The van der Waals surface area contributed by atoms with Crippen molar-refractivity contribution < 1.29 is 9.90 Å². The molecule has 2 rings (SSSR count). The van der Waals surface area contributed by atoms with Gasteiger partial charge in [0.25, 0.3) is 0 Å². The van der Waals surface area contributed by atoms with E-state index in [1.807, 2.05) is 26.2 Å². The molecule has 4 nitrogen and oxygen atoms in total. The first-order valence-corrected chi connectivity index (χ1v) is 7.21. The number of hydrogen-bond donors (Lipinski definition) is 2. The summed E-state index contributed by atoms with van der Waals surface area (Å²) in [6.45, 7) is 1.54. The van der Waals surface area contributed by atoms with E-state index in [4.69, 9.17) is 5.11 Å². The summed E-state index contributed by atoms with van der Waals surface area (Å²) in [5.41, 5.74) is 2.65. The first-order chi connectivity index (χ1) is 9.54. The predicted molar refractivity (Wildman–Crippen MR) is 82.4 cm³/mol. The fourth-order valence-electron chi connectivity index (χ4n) is 1.92. The van der Waals surface area contributed by atoms with Crippen LogP contribution in [0.1, 0.15) is 20.8 Å². The number of thiophene rings is 1. The highest BCUT2D eigenvalue weighted by Gasteiger charge is 2.06. The van der Waals surface area contributed by atoms with E-state index in [1.54, 1.807) is 11.4 Å². The van der Waals surface area contributed by atoms with Crippen molar-refractivity contribution in [3.8, 4) is 0 Å². The number of benzene rings is 1. The maximum Gasteiger partial charge on any atom is 0.336 e. The van der Waals surface area contributed by atoms with Gasteiger partial charge in [0.2, 0.25) is 0 Å². The zero-order valence-corrected chi connectivity index (χ0v) is 12.4. The van der Waals surface area contributed by atoms with E-state index in [9.17, 15) is 4.79 Å². The minimum absolute atomic E-state index is 0.355. The van der Waals surface area contributed by atoms with Gasteiger partial charge in [0.05, 0.1) is 5.56 Å². The van der Waals surface area contributed by atoms with Crippen LogP contribution in [0.2, 0.25) is 0 Å². The van der Waals surface area contributed by atoms with Gasteiger partial charge >= 0.3 is 5.97 Å². The Kier molecular flexibility index (Phi) is 4.76. The molecule has 0 radical (unpaired) electrons. The Hall–Kier alpha value is -1.85. The lowest BCUT2D eigenvalue weighted by atomic mass is 10.2. The zero-order chi connectivity index (χ0) is 14.5. The largest absolute Gasteiger partial charge is 0.478 e. The van der Waals surface area contributed by atoms with Gasteiger partial charge < -0.3 is 15.3 Å². The zero-order valence-electron chi connectivity index (χ0n) is 11.6. The summed E-state index contributed by atoms with van der Waals surface area (Å²) in [6, 6.07) is 9.97. The molecule has 1 aromatic carbocycles. The van der Waals surface area contributed by atoms with Crippen LogP contribution in [-0.2, 0) is 13.1 Å². The summed E-state index contributed by atoms with van der Waals surface area (Å²) in [7, 11) is 4.08. The lowest BCUT2D eigenvalue weighted by Crippen LogP contribution is -2.10. The molecule has 0 bridgehead atoms. The van der Waals surface area contributed by atoms with Gasteiger partial charge in [0.15, 0.2) is 0 Å². The van der Waals surface area contributed by atoms with Crippen LogP contribution in [0.3, 0.4) is 0 Å². The van der Waals surface area contributed by atoms with Crippen molar-refractivity contribution in [3.63, 3.8) is 0 Å². The van der Waals surface area contributed by atoms with Gasteiger partial charge in [-0.2, -0.15) is 0 Å². The Labute approximate surface area is 122 Å². The summed E-state index contributed by atoms with van der Waals surface area (Å²) in [5.74, 6) is -0.875. The van der Waals surface area contributed by atoms with Crippen molar-refractivity contribution in [3.05, 3.63) is 51.7 Å². The van der Waals surface area contributed by atoms with Crippen LogP contribution in [0.15, 0.2) is 35.7 Å². The minimum atomic E-state index is -0.875. The van der Waals surface area contributed by atoms with E-state index in [-0.39, 0.29) is 0 Å². The lowest BCUT2D eigenvalue weighted by molar-refractivity contribution is 0.0697. The van der Waals surface area contributed by atoms with Gasteiger partial charge in [-0.1, -0.05) is 12.1 Å². The molecular weight excluding hydrogens is 272 g/mol. The molecule has 0 saturated carbocycles. The van der Waals surface area contributed by atoms with Crippen molar-refractivity contribution in [2.75, 3.05) is 19.4 Å². The molecule has 0 aliphatic rings. The van der Waals surface area contributed by atoms with Crippen LogP contribution in [0, 0.1) is 0 Å². The number of nitrogens with zero attached hydrogens (tertiary/aromatic N) is 1. The molecule has 2 N–H and O–H groups in total. The van der Waals surface area contributed by atoms with Crippen LogP contribution in [0.4, 0.5) is 5.69 Å². The maximum absolute atomic E-state index is 10.8. The molecule has 20 heavy (non-hydrogen) atoms. The summed E-state index contributed by atoms with van der Waals surface area (Å²) in [6.07, 6.45) is 0. The van der Waals surface area contributed by atoms with E-state index >= 15 is 0 Å². The summed E-state index contributed by atoms with van der Waals surface area (Å²) in [4.78, 5) is 14.0. The molecule has 1 heterocycles. The standard InChI is InChI=1S/C15H18N2O2S/c1-17(2)9-11-4-3-5-13(6-11)16-8-14-7-12(10-20-14)15(18)19/h3-7,10,16H,8-9H2,1-2H3,(H,18,19). The van der Waals surface area contributed by atoms with Gasteiger partial charge in [-0.3, -0.25) is 0 Å². The number of rotatable bonds is 6. The normalized spacial score (nSPS) is 10.8. The Balaban J connectivity index is 1.97. The van der Waals surface area contributed by atoms with Crippen LogP contribution < -0.4 is 5.32 Å². The summed E-state index contributed by atoms with van der Waals surface area (Å²) >= 11 is 1.46. The number of anilines is 1. The average molecular weight is 290 g/mol. The number of carboxylic acids is 1. The molecule has 1 aromatic heterocycles. The molecule has 0 spiro atoms. The third-order valence-corrected chi connectivity index (χ3v) is 3.73. The van der Waals surface area contributed by atoms with Crippen molar-refractivity contribution in [1.82, 2.24) is 4.90 Å². The van der Waals surface area contributed by atoms with Crippen molar-refractivity contribution in [2.24, 2.45) is 0 Å². The van der Waals surface area contributed by atoms with E-state index in [1.165, 1.54) is 16.9 Å². The highest BCUT2D eigenvalue weighted by Crippen LogP contribution is 2.18. The molecule has 2 aromatic rings. The van der Waals surface area contributed by atoms with Gasteiger partial charge in [-0.25, -0.2) is 4.79 Å². The van der Waals surface area contributed by atoms with Crippen molar-refractivity contribution in [1.29, 1.82) is 0 Å². The van der Waals surface area contributed by atoms with Gasteiger partial charge in [-0.05, 0) is 37.9 Å². The molecule has 0 unspecified atom stereocenters. The quantitative estimate of drug-likeness (QED) is 0.858. The Morgan fingerprint density at radius 3 is 2.80 bits per heavy atom. The Morgan fingerprint density at radius 2 is 2.15 bits per heavy atom. The predicted octanol–water partition coefficient (Wildman–Crippen LogP) is 3.12. The number of aromatic carboxylic acids is 1. The smallest absolute Gasteiger partial charge is 0.336 e. The third kappa shape index (κ3) is 4.08. The van der Waals surface area contributed by atoms with E-state index < -0.39 is 5.97 Å². The van der Waals surface area contributed by atoms with Crippen LogP contribution in [-0.4, -0.2) is 30.1 Å². The van der Waals surface area contributed by atoms with Gasteiger partial charge in [0, 0.05) is 29.0 Å². The second kappa shape index (κ2) is 6.54. The number of carbonyl (C=O) groups is 1. The van der Waals surface area contributed by atoms with E-state index in [2.05, 4.69) is 22.3 Å². The molecular formula is C15H18N2O2S. The average Bonchev–Trinajstić information content (AvgIpc) is 2.85. The van der Waals surface area contributed by atoms with Crippen molar-refractivity contribution >= 4 is 23.0 Å². The van der Waals surface area contributed by atoms with Crippen LogP contribution in [0.25, 0.3) is 0 Å². The molecule has 0 aliphatic carbocycles. The molecule has 0 atom stereocenters. The molecule has 0 saturated heterocycles. The maximum atomic E-state index is 10.8. The topological polar surface area (TPSA) is 52.6 Å². The first-order valence-electron chi connectivity index (χ1n) is 6.33. The Morgan fingerprint density at radius 1 is 1.35 bits per heavy atom. The number of hydrogen-bond acceptors (Lipinski definition) is 4. The first kappa shape index (κ1) is 14.6. The lowest BCUT2D eigenvalue weighted by Gasteiger charge is -2.11. The summed E-state index contributed by atoms with van der Waals surface area (Å²) in [5, 5.41) is 13.9. The number of nitrogens with one attached hydrogen (secondary N) is 1. The second-order valence-corrected chi connectivity index (χ2v) is 5.89. The fourth-order valence-corrected chi connectivity index (χ4v) is 2.72. The van der Waals surface area contributed by atoms with Crippen LogP contribution >= 0.6 is 11.3 Å². The van der Waals surface area contributed by atoms with E-state index in [0.717, 1.165) is 17.1 Å². The van der Waals surface area contributed by atoms with Crippen LogP contribution in [0.5, 0.6) is 0 Å². The van der Waals surface area contributed by atoms with E-state index in [0.29, 0.717) is 12.1 Å². The van der Waals surface area contributed by atoms with Crippen molar-refractivity contribution in [2.45, 2.75) is 13.1 Å². The molecule has 106 valence electrons. The molecule has 5 heteroatoms. The van der Waals surface area contributed by atoms with Gasteiger partial charge in [0.1, 0.15) is 0 Å². The molecule has 0 amide bonds. The SMILES string of the molecule is CN(C)Cc1cccc(NCc2cc(C(=O)O)cs2)c1. The highest BCUT2D eigenvalue weighted by atomic mass is 32.1. The highest BCUT2D eigenvalue weighted by molar-refractivity contribution is 7.10. The monoisotopic (exact) mass is 290 g/mol. The fraction of sp³-hybridized carbons (Fsp3) is 0.267. The molecule has 0 fully saturated rings. The number of carboxylic acid groups (broad SMARTS) is 1. The Bertz CT molecular complexity index is 593. The van der Waals surface area contributed by atoms with Gasteiger partial charge in [-0.15, -0.1) is 11.3 Å². The third-order valence-electron chi connectivity index (χ3n) is 2.79.